The number of anilines is 1. The van der Waals surface area contributed by atoms with Crippen LogP contribution in [0.2, 0.25) is 0 Å². The largest absolute Gasteiger partial charge is 0.416 e. The molecule has 0 radical (unpaired) electrons. The van der Waals surface area contributed by atoms with Gasteiger partial charge in [0, 0.05) is 57.9 Å². The number of nitrogens with zero attached hydrogens (tertiary/aromatic N) is 5. The van der Waals surface area contributed by atoms with Crippen molar-refractivity contribution in [1.82, 2.24) is 19.4 Å². The third kappa shape index (κ3) is 5.76. The molecule has 5 rings (SSSR count). The minimum absolute atomic E-state index is 0.0224. The van der Waals surface area contributed by atoms with Gasteiger partial charge < -0.3 is 14.7 Å². The van der Waals surface area contributed by atoms with Gasteiger partial charge in [0.1, 0.15) is 4.83 Å². The number of aryl methyl sites for hydroxylation is 1. The number of hydrogen-bond acceptors (Lipinski definition) is 6. The number of fused-ring (bicyclic) bond motifs is 1. The van der Waals surface area contributed by atoms with E-state index in [9.17, 15) is 40.7 Å². The third-order valence-corrected chi connectivity index (χ3v) is 8.59. The van der Waals surface area contributed by atoms with Crippen LogP contribution < -0.4 is 10.5 Å². The first-order valence-corrected chi connectivity index (χ1v) is 13.7. The van der Waals surface area contributed by atoms with Gasteiger partial charge in [-0.3, -0.25) is 19.0 Å². The van der Waals surface area contributed by atoms with Crippen LogP contribution in [-0.4, -0.2) is 70.4 Å². The number of amides is 2. The van der Waals surface area contributed by atoms with E-state index >= 15 is 0 Å². The quantitative estimate of drug-likeness (QED) is 0.406. The summed E-state index contributed by atoms with van der Waals surface area (Å²) in [6, 6.07) is 1.44. The first-order valence-electron chi connectivity index (χ1n) is 12.8. The molecule has 0 saturated carbocycles. The Balaban J connectivity index is 1.32. The van der Waals surface area contributed by atoms with Crippen LogP contribution in [-0.2, 0) is 23.7 Å². The van der Waals surface area contributed by atoms with Gasteiger partial charge in [0.25, 0.3) is 11.5 Å². The zero-order valence-electron chi connectivity index (χ0n) is 21.8. The summed E-state index contributed by atoms with van der Waals surface area (Å²) in [6.07, 6.45) is -7.25. The van der Waals surface area contributed by atoms with Crippen LogP contribution in [0.1, 0.15) is 39.2 Å². The minimum atomic E-state index is -4.95. The number of carbonyl (C=O) groups excluding carboxylic acids is 2. The maximum Gasteiger partial charge on any atom is 0.416 e. The fourth-order valence-corrected chi connectivity index (χ4v) is 6.23. The zero-order valence-corrected chi connectivity index (χ0v) is 22.6. The standard InChI is InChI=1S/C26H25F6N5O3S/c1-15-20-22(33-14-37(23(20)39)10-7-35-4-2-3-19(35)38)41-21(15)24(40)36-8-5-34(6-9-36)18-12-16(25(27,28)29)11-17(13-18)26(30,31)32/h11-14H,2-10H2,1H3. The Morgan fingerprint density at radius 2 is 1.56 bits per heavy atom. The van der Waals surface area contributed by atoms with Crippen LogP contribution in [0.5, 0.6) is 0 Å². The Bertz CT molecular complexity index is 1520. The van der Waals surface area contributed by atoms with Crippen LogP contribution in [0, 0.1) is 6.92 Å². The van der Waals surface area contributed by atoms with Crippen LogP contribution in [0.3, 0.4) is 0 Å². The Kier molecular flexibility index (Phi) is 7.51. The summed E-state index contributed by atoms with van der Waals surface area (Å²) in [7, 11) is 0. The number of carbonyl (C=O) groups is 2. The predicted octanol–water partition coefficient (Wildman–Crippen LogP) is 4.39. The summed E-state index contributed by atoms with van der Waals surface area (Å²) in [6.45, 7) is 3.09. The number of thiophene rings is 1. The molecule has 2 fully saturated rings. The topological polar surface area (TPSA) is 78.8 Å². The third-order valence-electron chi connectivity index (χ3n) is 7.40. The van der Waals surface area contributed by atoms with Crippen molar-refractivity contribution in [2.45, 2.75) is 38.7 Å². The van der Waals surface area contributed by atoms with Gasteiger partial charge in [0.15, 0.2) is 0 Å². The molecule has 0 bridgehead atoms. The number of rotatable bonds is 5. The van der Waals surface area contributed by atoms with E-state index in [1.165, 1.54) is 20.7 Å². The number of benzene rings is 1. The van der Waals surface area contributed by atoms with Crippen molar-refractivity contribution in [3.63, 3.8) is 0 Å². The molecule has 3 aromatic rings. The molecular formula is C26H25F6N5O3S. The molecule has 4 heterocycles. The highest BCUT2D eigenvalue weighted by Crippen LogP contribution is 2.38. The Morgan fingerprint density at radius 3 is 2.12 bits per heavy atom. The van der Waals surface area contributed by atoms with Gasteiger partial charge in [-0.05, 0) is 37.1 Å². The maximum absolute atomic E-state index is 13.4. The van der Waals surface area contributed by atoms with E-state index in [0.717, 1.165) is 17.8 Å². The molecule has 2 aromatic heterocycles. The lowest BCUT2D eigenvalue weighted by Crippen LogP contribution is -2.48. The van der Waals surface area contributed by atoms with E-state index in [1.54, 1.807) is 11.8 Å². The van der Waals surface area contributed by atoms with Crippen LogP contribution in [0.4, 0.5) is 32.0 Å². The first-order chi connectivity index (χ1) is 19.2. The molecule has 0 aliphatic carbocycles. The molecule has 1 aromatic carbocycles. The summed E-state index contributed by atoms with van der Waals surface area (Å²) in [5.74, 6) is -0.348. The highest BCUT2D eigenvalue weighted by Gasteiger charge is 2.38. The second-order valence-corrected chi connectivity index (χ2v) is 11.0. The molecule has 2 aliphatic rings. The lowest BCUT2D eigenvalue weighted by molar-refractivity contribution is -0.143. The average Bonchev–Trinajstić information content (AvgIpc) is 3.49. The highest BCUT2D eigenvalue weighted by molar-refractivity contribution is 7.20. The fourth-order valence-electron chi connectivity index (χ4n) is 5.12. The van der Waals surface area contributed by atoms with Gasteiger partial charge in [-0.25, -0.2) is 4.98 Å². The fraction of sp³-hybridized carbons (Fsp3) is 0.462. The molecule has 41 heavy (non-hydrogen) atoms. The predicted molar refractivity (Wildman–Crippen MR) is 139 cm³/mol. The summed E-state index contributed by atoms with van der Waals surface area (Å²) in [4.78, 5) is 48.0. The summed E-state index contributed by atoms with van der Waals surface area (Å²) in [5, 5.41) is 0.302. The molecular weight excluding hydrogens is 576 g/mol. The van der Waals surface area contributed by atoms with E-state index in [0.29, 0.717) is 52.3 Å². The van der Waals surface area contributed by atoms with Crippen LogP contribution >= 0.6 is 11.3 Å². The van der Waals surface area contributed by atoms with Gasteiger partial charge in [-0.1, -0.05) is 0 Å². The minimum Gasteiger partial charge on any atom is -0.368 e. The SMILES string of the molecule is Cc1c(C(=O)N2CCN(c3cc(C(F)(F)F)cc(C(F)(F)F)c3)CC2)sc2ncn(CCN3CCCC3=O)c(=O)c12. The van der Waals surface area contributed by atoms with Crippen molar-refractivity contribution in [1.29, 1.82) is 0 Å². The van der Waals surface area contributed by atoms with Crippen molar-refractivity contribution in [2.75, 3.05) is 44.2 Å². The molecule has 15 heteroatoms. The molecule has 0 unspecified atom stereocenters. The van der Waals surface area contributed by atoms with E-state index in [-0.39, 0.29) is 55.9 Å². The molecule has 2 amide bonds. The number of alkyl halides is 6. The maximum atomic E-state index is 13.4. The first kappa shape index (κ1) is 28.9. The van der Waals surface area contributed by atoms with Crippen molar-refractivity contribution >= 4 is 39.1 Å². The summed E-state index contributed by atoms with van der Waals surface area (Å²) >= 11 is 1.06. The van der Waals surface area contributed by atoms with Crippen molar-refractivity contribution < 1.29 is 35.9 Å². The van der Waals surface area contributed by atoms with Crippen molar-refractivity contribution in [3.05, 3.63) is 56.4 Å². The van der Waals surface area contributed by atoms with E-state index < -0.39 is 29.4 Å². The Hall–Kier alpha value is -3.62. The van der Waals surface area contributed by atoms with Crippen molar-refractivity contribution in [2.24, 2.45) is 0 Å². The Morgan fingerprint density at radius 1 is 0.927 bits per heavy atom. The van der Waals surface area contributed by atoms with Crippen LogP contribution in [0.15, 0.2) is 29.3 Å². The molecule has 0 N–H and O–H groups in total. The molecule has 0 atom stereocenters. The smallest absolute Gasteiger partial charge is 0.368 e. The Labute approximate surface area is 233 Å². The van der Waals surface area contributed by atoms with Gasteiger partial charge in [0.05, 0.1) is 27.7 Å². The van der Waals surface area contributed by atoms with Gasteiger partial charge in [-0.2, -0.15) is 26.3 Å². The molecule has 2 aliphatic heterocycles. The monoisotopic (exact) mass is 601 g/mol. The molecule has 8 nitrogen and oxygen atoms in total. The number of likely N-dealkylation sites (tertiary alicyclic amines) is 1. The number of aromatic nitrogens is 2. The molecule has 0 spiro atoms. The number of piperazine rings is 1. The summed E-state index contributed by atoms with van der Waals surface area (Å²) < 4.78 is 81.1. The summed E-state index contributed by atoms with van der Waals surface area (Å²) in [5.41, 5.74) is -2.89. The molecule has 2 saturated heterocycles. The van der Waals surface area contributed by atoms with E-state index in [4.69, 9.17) is 0 Å². The van der Waals surface area contributed by atoms with E-state index in [2.05, 4.69) is 4.98 Å². The number of halogens is 6. The zero-order chi connectivity index (χ0) is 29.7. The van der Waals surface area contributed by atoms with Gasteiger partial charge in [-0.15, -0.1) is 11.3 Å². The average molecular weight is 602 g/mol. The lowest BCUT2D eigenvalue weighted by atomic mass is 10.1. The molecule has 220 valence electrons. The van der Waals surface area contributed by atoms with Gasteiger partial charge in [0.2, 0.25) is 5.91 Å². The second-order valence-electron chi connectivity index (χ2n) is 10.0. The van der Waals surface area contributed by atoms with Gasteiger partial charge >= 0.3 is 12.4 Å². The van der Waals surface area contributed by atoms with Crippen LogP contribution in [0.25, 0.3) is 10.2 Å². The number of hydrogen-bond donors (Lipinski definition) is 0. The van der Waals surface area contributed by atoms with E-state index in [1.807, 2.05) is 0 Å². The highest BCUT2D eigenvalue weighted by atomic mass is 32.1. The van der Waals surface area contributed by atoms with Crippen molar-refractivity contribution in [3.8, 4) is 0 Å². The second kappa shape index (κ2) is 10.7. The normalized spacial score (nSPS) is 16.8. The lowest BCUT2D eigenvalue weighted by Gasteiger charge is -2.36.